The van der Waals surface area contributed by atoms with Crippen molar-refractivity contribution in [1.82, 2.24) is 9.97 Å². The van der Waals surface area contributed by atoms with E-state index >= 15 is 0 Å². The molecule has 2 heterocycles. The third kappa shape index (κ3) is 3.57. The molecule has 0 aliphatic heterocycles. The number of thiophene rings is 1. The van der Waals surface area contributed by atoms with Gasteiger partial charge in [0.2, 0.25) is 0 Å². The lowest BCUT2D eigenvalue weighted by Crippen LogP contribution is -1.99. The molecule has 1 N–H and O–H groups in total. The summed E-state index contributed by atoms with van der Waals surface area (Å²) in [7, 11) is 6.49. The van der Waals surface area contributed by atoms with Crippen LogP contribution in [0.15, 0.2) is 48.1 Å². The molecule has 0 saturated heterocycles. The molecule has 0 aliphatic rings. The van der Waals surface area contributed by atoms with Gasteiger partial charge in [0, 0.05) is 17.0 Å². The minimum atomic E-state index is 0.656. The average molecular weight is 423 g/mol. The molecule has 0 amide bonds. The number of nitrogens with zero attached hydrogens (tertiary/aromatic N) is 2. The van der Waals surface area contributed by atoms with Gasteiger partial charge < -0.3 is 24.3 Å². The van der Waals surface area contributed by atoms with Crippen LogP contribution in [0, 0.1) is 0 Å². The van der Waals surface area contributed by atoms with E-state index in [1.54, 1.807) is 46.1 Å². The lowest BCUT2D eigenvalue weighted by Gasteiger charge is -2.13. The van der Waals surface area contributed by atoms with Gasteiger partial charge in [-0.2, -0.15) is 0 Å². The molecule has 0 saturated carbocycles. The summed E-state index contributed by atoms with van der Waals surface area (Å²) in [5.41, 5.74) is 2.77. The van der Waals surface area contributed by atoms with Crippen molar-refractivity contribution in [3.8, 4) is 34.1 Å². The summed E-state index contributed by atoms with van der Waals surface area (Å²) < 4.78 is 21.6. The third-order valence-corrected chi connectivity index (χ3v) is 5.61. The fourth-order valence-electron chi connectivity index (χ4n) is 3.22. The van der Waals surface area contributed by atoms with Gasteiger partial charge in [-0.1, -0.05) is 6.07 Å². The van der Waals surface area contributed by atoms with Crippen molar-refractivity contribution in [3.63, 3.8) is 0 Å². The number of methoxy groups -OCH3 is 4. The molecule has 0 spiro atoms. The molecular weight excluding hydrogens is 402 g/mol. The largest absolute Gasteiger partial charge is 0.497 e. The van der Waals surface area contributed by atoms with Crippen LogP contribution >= 0.6 is 11.3 Å². The van der Waals surface area contributed by atoms with Gasteiger partial charge in [0.25, 0.3) is 0 Å². The fraction of sp³-hybridized carbons (Fsp3) is 0.182. The lowest BCUT2D eigenvalue weighted by molar-refractivity contribution is 0.355. The van der Waals surface area contributed by atoms with Gasteiger partial charge in [-0.3, -0.25) is 0 Å². The molecule has 0 atom stereocenters. The zero-order valence-corrected chi connectivity index (χ0v) is 17.9. The van der Waals surface area contributed by atoms with Crippen molar-refractivity contribution in [1.29, 1.82) is 0 Å². The molecule has 0 radical (unpaired) electrons. The van der Waals surface area contributed by atoms with Gasteiger partial charge >= 0.3 is 0 Å². The zero-order chi connectivity index (χ0) is 21.1. The van der Waals surface area contributed by atoms with E-state index < -0.39 is 0 Å². The summed E-state index contributed by atoms with van der Waals surface area (Å²) in [4.78, 5) is 9.81. The van der Waals surface area contributed by atoms with Crippen LogP contribution in [0.5, 0.6) is 23.0 Å². The Balaban J connectivity index is 1.81. The SMILES string of the molecule is COc1ccc(Nc2ncnc3scc(-c4ccc(OC)c(OC)c4)c23)c(OC)c1. The molecule has 0 aliphatic carbocycles. The van der Waals surface area contributed by atoms with Crippen LogP contribution in [0.2, 0.25) is 0 Å². The molecule has 0 bridgehead atoms. The molecule has 30 heavy (non-hydrogen) atoms. The summed E-state index contributed by atoms with van der Waals surface area (Å²) >= 11 is 1.56. The molecule has 154 valence electrons. The standard InChI is InChI=1S/C22H21N3O4S/c1-26-14-6-7-16(18(10-14)28-3)25-21-20-15(11-30-22(20)24-12-23-21)13-5-8-17(27-2)19(9-13)29-4/h5-12H,1-4H3,(H,23,24,25). The van der Waals surface area contributed by atoms with Crippen molar-refractivity contribution in [2.45, 2.75) is 0 Å². The predicted octanol–water partition coefficient (Wildman–Crippen LogP) is 5.14. The van der Waals surface area contributed by atoms with Gasteiger partial charge in [0.1, 0.15) is 28.5 Å². The second-order valence-electron chi connectivity index (χ2n) is 6.31. The molecule has 2 aromatic heterocycles. The highest BCUT2D eigenvalue weighted by Crippen LogP contribution is 2.41. The van der Waals surface area contributed by atoms with Crippen LogP contribution in [0.3, 0.4) is 0 Å². The first-order valence-electron chi connectivity index (χ1n) is 9.12. The highest BCUT2D eigenvalue weighted by atomic mass is 32.1. The first-order valence-corrected chi connectivity index (χ1v) is 10.00. The Morgan fingerprint density at radius 3 is 2.33 bits per heavy atom. The third-order valence-electron chi connectivity index (χ3n) is 4.73. The number of hydrogen-bond donors (Lipinski definition) is 1. The molecule has 0 fully saturated rings. The molecular formula is C22H21N3O4S. The molecule has 0 unspecified atom stereocenters. The van der Waals surface area contributed by atoms with Gasteiger partial charge in [0.05, 0.1) is 39.5 Å². The van der Waals surface area contributed by atoms with Crippen LogP contribution in [0.1, 0.15) is 0 Å². The molecule has 4 aromatic rings. The number of benzene rings is 2. The highest BCUT2D eigenvalue weighted by molar-refractivity contribution is 7.17. The Morgan fingerprint density at radius 1 is 0.800 bits per heavy atom. The number of nitrogens with one attached hydrogen (secondary N) is 1. The Morgan fingerprint density at radius 2 is 1.60 bits per heavy atom. The second-order valence-corrected chi connectivity index (χ2v) is 7.17. The van der Waals surface area contributed by atoms with E-state index in [4.69, 9.17) is 18.9 Å². The van der Waals surface area contributed by atoms with Gasteiger partial charge in [-0.15, -0.1) is 11.3 Å². The first kappa shape index (κ1) is 19.8. The number of anilines is 2. The Labute approximate surface area is 178 Å². The average Bonchev–Trinajstić information content (AvgIpc) is 3.24. The first-order chi connectivity index (χ1) is 14.7. The maximum absolute atomic E-state index is 5.51. The van der Waals surface area contributed by atoms with Crippen molar-refractivity contribution in [2.24, 2.45) is 0 Å². The smallest absolute Gasteiger partial charge is 0.161 e. The minimum Gasteiger partial charge on any atom is -0.497 e. The second kappa shape index (κ2) is 8.46. The van der Waals surface area contributed by atoms with E-state index in [0.29, 0.717) is 28.8 Å². The van der Waals surface area contributed by atoms with E-state index in [-0.39, 0.29) is 0 Å². The summed E-state index contributed by atoms with van der Waals surface area (Å²) in [6.07, 6.45) is 1.55. The Bertz CT molecular complexity index is 1190. The normalized spacial score (nSPS) is 10.7. The van der Waals surface area contributed by atoms with E-state index in [1.165, 1.54) is 0 Å². The van der Waals surface area contributed by atoms with E-state index in [9.17, 15) is 0 Å². The number of aromatic nitrogens is 2. The van der Waals surface area contributed by atoms with Crippen LogP contribution in [0.25, 0.3) is 21.3 Å². The van der Waals surface area contributed by atoms with Gasteiger partial charge in [-0.25, -0.2) is 9.97 Å². The van der Waals surface area contributed by atoms with Crippen molar-refractivity contribution >= 4 is 33.1 Å². The van der Waals surface area contributed by atoms with Gasteiger partial charge in [-0.05, 0) is 29.8 Å². The number of rotatable bonds is 7. The van der Waals surface area contributed by atoms with Crippen LogP contribution in [-0.4, -0.2) is 38.4 Å². The van der Waals surface area contributed by atoms with E-state index in [1.807, 2.05) is 36.4 Å². The molecule has 2 aromatic carbocycles. The highest BCUT2D eigenvalue weighted by Gasteiger charge is 2.16. The number of hydrogen-bond acceptors (Lipinski definition) is 8. The predicted molar refractivity (Wildman–Crippen MR) is 119 cm³/mol. The Hall–Kier alpha value is -3.52. The maximum atomic E-state index is 5.51. The van der Waals surface area contributed by atoms with Crippen LogP contribution < -0.4 is 24.3 Å². The van der Waals surface area contributed by atoms with E-state index in [0.717, 1.165) is 27.0 Å². The lowest BCUT2D eigenvalue weighted by atomic mass is 10.1. The fourth-order valence-corrected chi connectivity index (χ4v) is 4.13. The molecule has 4 rings (SSSR count). The Kier molecular flexibility index (Phi) is 5.58. The molecule has 8 heteroatoms. The van der Waals surface area contributed by atoms with E-state index in [2.05, 4.69) is 20.7 Å². The summed E-state index contributed by atoms with van der Waals surface area (Å²) in [6, 6.07) is 11.4. The zero-order valence-electron chi connectivity index (χ0n) is 17.1. The molecule has 7 nitrogen and oxygen atoms in total. The topological polar surface area (TPSA) is 74.7 Å². The number of fused-ring (bicyclic) bond motifs is 1. The summed E-state index contributed by atoms with van der Waals surface area (Å²) in [6.45, 7) is 0. The summed E-state index contributed by atoms with van der Waals surface area (Å²) in [5.74, 6) is 3.40. The van der Waals surface area contributed by atoms with Crippen molar-refractivity contribution in [3.05, 3.63) is 48.1 Å². The monoisotopic (exact) mass is 423 g/mol. The van der Waals surface area contributed by atoms with Gasteiger partial charge in [0.15, 0.2) is 11.5 Å². The maximum Gasteiger partial charge on any atom is 0.161 e. The van der Waals surface area contributed by atoms with Crippen LogP contribution in [0.4, 0.5) is 11.5 Å². The summed E-state index contributed by atoms with van der Waals surface area (Å²) in [5, 5.41) is 6.37. The minimum absolute atomic E-state index is 0.656. The number of ether oxygens (including phenoxy) is 4. The van der Waals surface area contributed by atoms with Crippen molar-refractivity contribution < 1.29 is 18.9 Å². The van der Waals surface area contributed by atoms with Crippen LogP contribution in [-0.2, 0) is 0 Å². The van der Waals surface area contributed by atoms with Crippen molar-refractivity contribution in [2.75, 3.05) is 33.8 Å². The quantitative estimate of drug-likeness (QED) is 0.441.